The van der Waals surface area contributed by atoms with E-state index in [9.17, 15) is 13.2 Å². The largest absolute Gasteiger partial charge is 0.345 e. The minimum atomic E-state index is -2.95. The summed E-state index contributed by atoms with van der Waals surface area (Å²) in [6.07, 6.45) is 0. The summed E-state index contributed by atoms with van der Waals surface area (Å²) in [4.78, 5) is 13.2. The van der Waals surface area contributed by atoms with Crippen LogP contribution < -0.4 is 5.32 Å². The number of nitrogens with one attached hydrogen (secondary N) is 1. The van der Waals surface area contributed by atoms with Crippen LogP contribution in [0.15, 0.2) is 0 Å². The predicted octanol–water partition coefficient (Wildman–Crippen LogP) is -0.122. The first kappa shape index (κ1) is 15.4. The van der Waals surface area contributed by atoms with E-state index in [1.54, 1.807) is 25.8 Å². The van der Waals surface area contributed by atoms with Crippen molar-refractivity contribution in [1.29, 1.82) is 0 Å². The van der Waals surface area contributed by atoms with Gasteiger partial charge in [-0.15, -0.1) is 0 Å². The van der Waals surface area contributed by atoms with Crippen molar-refractivity contribution in [1.82, 2.24) is 10.2 Å². The van der Waals surface area contributed by atoms with E-state index in [4.69, 9.17) is 0 Å². The molecule has 0 aromatic heterocycles. The normalized spacial score (nSPS) is 13.5. The summed E-state index contributed by atoms with van der Waals surface area (Å²) in [5.41, 5.74) is 0. The molecule has 0 saturated heterocycles. The lowest BCUT2D eigenvalue weighted by molar-refractivity contribution is -0.131. The second-order valence-corrected chi connectivity index (χ2v) is 6.24. The molecule has 0 aromatic rings. The lowest BCUT2D eigenvalue weighted by Gasteiger charge is -2.20. The first-order valence-electron chi connectivity index (χ1n) is 5.52. The average molecular weight is 250 g/mol. The molecular weight excluding hydrogens is 228 g/mol. The minimum Gasteiger partial charge on any atom is -0.345 e. The van der Waals surface area contributed by atoms with Crippen molar-refractivity contribution in [3.05, 3.63) is 0 Å². The molecule has 0 bridgehead atoms. The fraction of sp³-hybridized carbons (Fsp3) is 0.900. The molecule has 1 amide bonds. The monoisotopic (exact) mass is 250 g/mol. The molecule has 0 rings (SSSR count). The van der Waals surface area contributed by atoms with Gasteiger partial charge >= 0.3 is 0 Å². The lowest BCUT2D eigenvalue weighted by atomic mass is 10.3. The van der Waals surface area contributed by atoms with Gasteiger partial charge in [-0.05, 0) is 13.8 Å². The minimum absolute atomic E-state index is 0.0172. The third-order valence-electron chi connectivity index (χ3n) is 2.52. The lowest BCUT2D eigenvalue weighted by Crippen LogP contribution is -2.44. The van der Waals surface area contributed by atoms with Crippen LogP contribution in [-0.2, 0) is 14.6 Å². The zero-order valence-corrected chi connectivity index (χ0v) is 11.3. The van der Waals surface area contributed by atoms with Crippen molar-refractivity contribution < 1.29 is 13.2 Å². The number of nitrogens with zero attached hydrogens (tertiary/aromatic N) is 1. The third kappa shape index (κ3) is 5.46. The number of likely N-dealkylation sites (N-methyl/N-ethyl adjacent to an activating group) is 1. The van der Waals surface area contributed by atoms with Crippen molar-refractivity contribution in [2.45, 2.75) is 26.8 Å². The second kappa shape index (κ2) is 6.85. The van der Waals surface area contributed by atoms with Crippen LogP contribution in [0.5, 0.6) is 0 Å². The zero-order valence-electron chi connectivity index (χ0n) is 10.5. The van der Waals surface area contributed by atoms with Gasteiger partial charge in [0.1, 0.15) is 0 Å². The van der Waals surface area contributed by atoms with Gasteiger partial charge < -0.3 is 10.2 Å². The molecule has 6 heteroatoms. The summed E-state index contributed by atoms with van der Waals surface area (Å²) in [5.74, 6) is 0.208. The van der Waals surface area contributed by atoms with E-state index >= 15 is 0 Å². The molecule has 0 aliphatic rings. The van der Waals surface area contributed by atoms with Gasteiger partial charge in [0, 0.05) is 25.9 Å². The third-order valence-corrected chi connectivity index (χ3v) is 4.23. The van der Waals surface area contributed by atoms with Crippen LogP contribution in [0.3, 0.4) is 0 Å². The average Bonchev–Trinajstić information content (AvgIpc) is 2.26. The molecule has 1 unspecified atom stereocenters. The molecular formula is C10H22N2O3S. The number of carbonyl (C=O) groups is 1. The molecule has 96 valence electrons. The maximum atomic E-state index is 11.6. The second-order valence-electron chi connectivity index (χ2n) is 3.76. The van der Waals surface area contributed by atoms with Gasteiger partial charge in [-0.1, -0.05) is 6.92 Å². The van der Waals surface area contributed by atoms with E-state index < -0.39 is 9.84 Å². The van der Waals surface area contributed by atoms with Crippen LogP contribution in [0.2, 0.25) is 0 Å². The Morgan fingerprint density at radius 2 is 1.94 bits per heavy atom. The van der Waals surface area contributed by atoms with Crippen LogP contribution in [0.4, 0.5) is 0 Å². The topological polar surface area (TPSA) is 66.5 Å². The molecule has 0 saturated carbocycles. The fourth-order valence-corrected chi connectivity index (χ4v) is 1.87. The quantitative estimate of drug-likeness (QED) is 0.684. The summed E-state index contributed by atoms with van der Waals surface area (Å²) in [6.45, 7) is 6.23. The molecule has 0 heterocycles. The number of amides is 1. The van der Waals surface area contributed by atoms with Crippen molar-refractivity contribution >= 4 is 15.7 Å². The molecule has 5 nitrogen and oxygen atoms in total. The Balaban J connectivity index is 4.00. The smallest absolute Gasteiger partial charge is 0.239 e. The Hall–Kier alpha value is -0.620. The highest BCUT2D eigenvalue weighted by molar-refractivity contribution is 7.91. The Morgan fingerprint density at radius 1 is 1.38 bits per heavy atom. The number of hydrogen-bond donors (Lipinski definition) is 1. The fourth-order valence-electron chi connectivity index (χ4n) is 1.15. The molecule has 0 fully saturated rings. The van der Waals surface area contributed by atoms with Gasteiger partial charge in [0.2, 0.25) is 5.91 Å². The SMILES string of the molecule is CCN(C)C(=O)C(C)NCCS(=O)(=O)CC. The highest BCUT2D eigenvalue weighted by atomic mass is 32.2. The summed E-state index contributed by atoms with van der Waals surface area (Å²) < 4.78 is 22.4. The Bertz CT molecular complexity index is 314. The van der Waals surface area contributed by atoms with Gasteiger partial charge in [0.15, 0.2) is 9.84 Å². The van der Waals surface area contributed by atoms with Crippen molar-refractivity contribution in [3.63, 3.8) is 0 Å². The maximum Gasteiger partial charge on any atom is 0.239 e. The summed E-state index contributed by atoms with van der Waals surface area (Å²) in [5, 5.41) is 2.92. The van der Waals surface area contributed by atoms with Crippen LogP contribution >= 0.6 is 0 Å². The van der Waals surface area contributed by atoms with E-state index in [0.29, 0.717) is 13.1 Å². The number of hydrogen-bond acceptors (Lipinski definition) is 4. The van der Waals surface area contributed by atoms with Gasteiger partial charge in [-0.25, -0.2) is 8.42 Å². The molecule has 1 N–H and O–H groups in total. The molecule has 0 spiro atoms. The number of sulfone groups is 1. The van der Waals surface area contributed by atoms with Crippen LogP contribution in [-0.4, -0.2) is 56.9 Å². The van der Waals surface area contributed by atoms with Crippen LogP contribution in [0, 0.1) is 0 Å². The summed E-state index contributed by atoms with van der Waals surface area (Å²) in [7, 11) is -1.23. The Morgan fingerprint density at radius 3 is 2.38 bits per heavy atom. The standard InChI is InChI=1S/C10H22N2O3S/c1-5-12(4)10(13)9(3)11-7-8-16(14,15)6-2/h9,11H,5-8H2,1-4H3. The highest BCUT2D eigenvalue weighted by Crippen LogP contribution is 1.92. The molecule has 1 atom stereocenters. The van der Waals surface area contributed by atoms with Crippen molar-refractivity contribution in [2.24, 2.45) is 0 Å². The predicted molar refractivity (Wildman–Crippen MR) is 65.1 cm³/mol. The van der Waals surface area contributed by atoms with Crippen LogP contribution in [0.25, 0.3) is 0 Å². The van der Waals surface area contributed by atoms with E-state index in [2.05, 4.69) is 5.32 Å². The van der Waals surface area contributed by atoms with E-state index in [1.807, 2.05) is 6.92 Å². The molecule has 0 radical (unpaired) electrons. The Kier molecular flexibility index (Phi) is 6.59. The maximum absolute atomic E-state index is 11.6. The number of carbonyl (C=O) groups excluding carboxylic acids is 1. The van der Waals surface area contributed by atoms with Gasteiger partial charge in [0.05, 0.1) is 11.8 Å². The van der Waals surface area contributed by atoms with Crippen molar-refractivity contribution in [3.8, 4) is 0 Å². The summed E-state index contributed by atoms with van der Waals surface area (Å²) >= 11 is 0. The van der Waals surface area contributed by atoms with Gasteiger partial charge in [-0.2, -0.15) is 0 Å². The van der Waals surface area contributed by atoms with Gasteiger partial charge in [0.25, 0.3) is 0 Å². The first-order valence-corrected chi connectivity index (χ1v) is 7.35. The van der Waals surface area contributed by atoms with E-state index in [1.165, 1.54) is 0 Å². The number of rotatable bonds is 7. The Labute approximate surface area is 98.1 Å². The van der Waals surface area contributed by atoms with E-state index in [0.717, 1.165) is 0 Å². The molecule has 0 aromatic carbocycles. The first-order chi connectivity index (χ1) is 7.34. The van der Waals surface area contributed by atoms with Crippen molar-refractivity contribution in [2.75, 3.05) is 31.6 Å². The molecule has 0 aliphatic carbocycles. The van der Waals surface area contributed by atoms with Gasteiger partial charge in [-0.3, -0.25) is 4.79 Å². The van der Waals surface area contributed by atoms with Crippen LogP contribution in [0.1, 0.15) is 20.8 Å². The highest BCUT2D eigenvalue weighted by Gasteiger charge is 2.16. The molecule has 0 aliphatic heterocycles. The zero-order chi connectivity index (χ0) is 12.8. The molecule has 16 heavy (non-hydrogen) atoms. The van der Waals surface area contributed by atoms with E-state index in [-0.39, 0.29) is 23.5 Å². The summed E-state index contributed by atoms with van der Waals surface area (Å²) in [6, 6.07) is -0.336.